The van der Waals surface area contributed by atoms with Gasteiger partial charge < -0.3 is 18.9 Å². The fourth-order valence-corrected chi connectivity index (χ4v) is 3.00. The van der Waals surface area contributed by atoms with Crippen molar-refractivity contribution in [1.82, 2.24) is 14.9 Å². The van der Waals surface area contributed by atoms with Gasteiger partial charge in [-0.1, -0.05) is 12.1 Å². The van der Waals surface area contributed by atoms with E-state index in [1.54, 1.807) is 18.3 Å². The number of aromatic amines is 1. The highest BCUT2D eigenvalue weighted by Gasteiger charge is 2.16. The Morgan fingerprint density at radius 3 is 2.55 bits per heavy atom. The number of H-pyrrole nitrogens is 1. The van der Waals surface area contributed by atoms with Crippen LogP contribution in [0.3, 0.4) is 0 Å². The highest BCUT2D eigenvalue weighted by molar-refractivity contribution is 7.71. The van der Waals surface area contributed by atoms with E-state index in [-0.39, 0.29) is 5.75 Å². The lowest BCUT2D eigenvalue weighted by Gasteiger charge is -2.13. The summed E-state index contributed by atoms with van der Waals surface area (Å²) in [7, 11) is 2.94. The third-order valence-electron chi connectivity index (χ3n) is 4.10. The van der Waals surface area contributed by atoms with E-state index in [9.17, 15) is 4.79 Å². The fraction of sp³-hybridized carbons (Fsp3) is 0.238. The number of aromatic nitrogens is 3. The Bertz CT molecular complexity index is 1140. The summed E-state index contributed by atoms with van der Waals surface area (Å²) in [6, 6.07) is 10.8. The minimum Gasteiger partial charge on any atom is -0.494 e. The summed E-state index contributed by atoms with van der Waals surface area (Å²) in [5.41, 5.74) is 1.43. The maximum absolute atomic E-state index is 11.4. The predicted octanol–water partition coefficient (Wildman–Crippen LogP) is 3.83. The Morgan fingerprint density at radius 1 is 1.23 bits per heavy atom. The second-order valence-corrected chi connectivity index (χ2v) is 6.60. The molecule has 3 aromatic rings. The molecule has 0 unspecified atom stereocenters. The maximum Gasteiger partial charge on any atom is 0.308 e. The molecule has 0 amide bonds. The molecular weight excluding hydrogens is 420 g/mol. The monoisotopic (exact) mass is 442 g/mol. The van der Waals surface area contributed by atoms with Crippen LogP contribution in [0.2, 0.25) is 0 Å². The largest absolute Gasteiger partial charge is 0.494 e. The van der Waals surface area contributed by atoms with Crippen molar-refractivity contribution in [3.63, 3.8) is 0 Å². The zero-order valence-electron chi connectivity index (χ0n) is 17.5. The van der Waals surface area contributed by atoms with Gasteiger partial charge in [0.05, 0.1) is 27.0 Å². The van der Waals surface area contributed by atoms with E-state index in [2.05, 4.69) is 15.3 Å². The number of hydrogen-bond donors (Lipinski definition) is 1. The quantitative estimate of drug-likeness (QED) is 0.245. The first-order valence-electron chi connectivity index (χ1n) is 9.36. The summed E-state index contributed by atoms with van der Waals surface area (Å²) in [5.74, 6) is 1.62. The summed E-state index contributed by atoms with van der Waals surface area (Å²) in [6.07, 6.45) is 1.57. The molecule has 0 saturated carbocycles. The van der Waals surface area contributed by atoms with Crippen LogP contribution < -0.4 is 18.9 Å². The number of carbonyl (C=O) groups is 1. The summed E-state index contributed by atoms with van der Waals surface area (Å²) in [5, 5.41) is 11.5. The van der Waals surface area contributed by atoms with Crippen LogP contribution in [-0.4, -0.2) is 47.9 Å². The van der Waals surface area contributed by atoms with Crippen molar-refractivity contribution in [3.8, 4) is 34.4 Å². The molecule has 0 saturated heterocycles. The van der Waals surface area contributed by atoms with Gasteiger partial charge in [-0.2, -0.15) is 14.9 Å². The highest BCUT2D eigenvalue weighted by Crippen LogP contribution is 2.38. The molecule has 0 aliphatic carbocycles. The van der Waals surface area contributed by atoms with Gasteiger partial charge in [0.1, 0.15) is 5.75 Å². The van der Waals surface area contributed by atoms with Crippen molar-refractivity contribution in [2.45, 2.75) is 13.8 Å². The van der Waals surface area contributed by atoms with E-state index in [1.165, 1.54) is 25.8 Å². The van der Waals surface area contributed by atoms with Crippen LogP contribution in [0.25, 0.3) is 11.4 Å². The molecule has 2 aromatic carbocycles. The van der Waals surface area contributed by atoms with E-state index < -0.39 is 5.97 Å². The highest BCUT2D eigenvalue weighted by atomic mass is 32.1. The van der Waals surface area contributed by atoms with Gasteiger partial charge in [0.25, 0.3) is 0 Å². The third-order valence-corrected chi connectivity index (χ3v) is 4.37. The smallest absolute Gasteiger partial charge is 0.308 e. The molecule has 0 aliphatic rings. The van der Waals surface area contributed by atoms with Gasteiger partial charge in [0.15, 0.2) is 17.3 Å². The molecule has 9 nitrogen and oxygen atoms in total. The zero-order valence-corrected chi connectivity index (χ0v) is 18.4. The summed E-state index contributed by atoms with van der Waals surface area (Å²) in [6.45, 7) is 3.78. The Kier molecular flexibility index (Phi) is 7.03. The molecule has 3 rings (SSSR count). The van der Waals surface area contributed by atoms with Crippen molar-refractivity contribution in [2.24, 2.45) is 5.10 Å². The van der Waals surface area contributed by atoms with Gasteiger partial charge in [-0.05, 0) is 43.4 Å². The fourth-order valence-electron chi connectivity index (χ4n) is 2.82. The van der Waals surface area contributed by atoms with Crippen LogP contribution in [0.15, 0.2) is 41.5 Å². The summed E-state index contributed by atoms with van der Waals surface area (Å²) in [4.78, 5) is 11.4. The normalized spacial score (nSPS) is 10.8. The lowest BCUT2D eigenvalue weighted by molar-refractivity contribution is -0.132. The molecule has 0 atom stereocenters. The van der Waals surface area contributed by atoms with E-state index in [0.717, 1.165) is 11.3 Å². The predicted molar refractivity (Wildman–Crippen MR) is 118 cm³/mol. The first kappa shape index (κ1) is 22.0. The second kappa shape index (κ2) is 9.90. The minimum absolute atomic E-state index is 0.197. The number of rotatable bonds is 8. The lowest BCUT2D eigenvalue weighted by atomic mass is 10.2. The van der Waals surface area contributed by atoms with Crippen LogP contribution in [0.4, 0.5) is 0 Å². The Hall–Kier alpha value is -3.66. The molecule has 162 valence electrons. The molecule has 1 heterocycles. The number of methoxy groups -OCH3 is 2. The lowest BCUT2D eigenvalue weighted by Crippen LogP contribution is -2.05. The van der Waals surface area contributed by atoms with Gasteiger partial charge in [0, 0.05) is 18.1 Å². The topological polar surface area (TPSA) is 100.0 Å². The molecular formula is C21H22N4O5S. The molecule has 0 aliphatic heterocycles. The van der Waals surface area contributed by atoms with Gasteiger partial charge in [0.2, 0.25) is 10.5 Å². The Labute approximate surface area is 184 Å². The Balaban J connectivity index is 2.00. The van der Waals surface area contributed by atoms with Crippen LogP contribution in [0.5, 0.6) is 23.0 Å². The van der Waals surface area contributed by atoms with E-state index in [0.29, 0.717) is 34.3 Å². The van der Waals surface area contributed by atoms with Gasteiger partial charge in [-0.25, -0.2) is 5.10 Å². The average molecular weight is 442 g/mol. The maximum atomic E-state index is 11.4. The zero-order chi connectivity index (χ0) is 22.4. The van der Waals surface area contributed by atoms with Gasteiger partial charge >= 0.3 is 5.97 Å². The number of esters is 1. The molecule has 10 heteroatoms. The molecule has 0 fully saturated rings. The summed E-state index contributed by atoms with van der Waals surface area (Å²) < 4.78 is 23.3. The van der Waals surface area contributed by atoms with Crippen molar-refractivity contribution in [1.29, 1.82) is 0 Å². The third kappa shape index (κ3) is 5.10. The average Bonchev–Trinajstić information content (AvgIpc) is 3.13. The van der Waals surface area contributed by atoms with Crippen molar-refractivity contribution in [3.05, 3.63) is 46.7 Å². The van der Waals surface area contributed by atoms with Crippen LogP contribution >= 0.6 is 12.2 Å². The molecule has 0 radical (unpaired) electrons. The molecule has 31 heavy (non-hydrogen) atoms. The van der Waals surface area contributed by atoms with Gasteiger partial charge in [-0.3, -0.25) is 4.79 Å². The number of carbonyl (C=O) groups excluding carboxylic acids is 1. The van der Waals surface area contributed by atoms with Crippen molar-refractivity contribution < 1.29 is 23.7 Å². The molecule has 1 aromatic heterocycles. The number of ether oxygens (including phenoxy) is 4. The molecule has 0 spiro atoms. The van der Waals surface area contributed by atoms with E-state index in [1.807, 2.05) is 31.2 Å². The SMILES string of the molecule is CCOc1cccc(-c2n[nH]c(=S)n2N=Cc2cc(OC)c(OC(C)=O)c(OC)c2)c1. The number of benzene rings is 2. The molecule has 1 N–H and O–H groups in total. The number of nitrogens with one attached hydrogen (secondary N) is 1. The van der Waals surface area contributed by atoms with Gasteiger partial charge in [-0.15, -0.1) is 0 Å². The Morgan fingerprint density at radius 2 is 1.94 bits per heavy atom. The minimum atomic E-state index is -0.485. The number of hydrogen-bond acceptors (Lipinski definition) is 8. The van der Waals surface area contributed by atoms with Crippen molar-refractivity contribution in [2.75, 3.05) is 20.8 Å². The van der Waals surface area contributed by atoms with Crippen LogP contribution in [0, 0.1) is 4.77 Å². The van der Waals surface area contributed by atoms with E-state index in [4.69, 9.17) is 31.2 Å². The van der Waals surface area contributed by atoms with Crippen molar-refractivity contribution >= 4 is 24.4 Å². The van der Waals surface area contributed by atoms with E-state index >= 15 is 0 Å². The number of nitrogens with zero attached hydrogens (tertiary/aromatic N) is 3. The summed E-state index contributed by atoms with van der Waals surface area (Å²) >= 11 is 5.33. The first-order chi connectivity index (χ1) is 15.0. The molecule has 0 bridgehead atoms. The van der Waals surface area contributed by atoms with Crippen LogP contribution in [-0.2, 0) is 4.79 Å². The standard InChI is InChI=1S/C21H22N4O5S/c1-5-29-16-8-6-7-15(11-16)20-23-24-21(31)25(20)22-12-14-9-17(27-3)19(30-13(2)26)18(10-14)28-4/h6-12H,5H2,1-4H3,(H,24,31). The first-order valence-corrected chi connectivity index (χ1v) is 9.77. The second-order valence-electron chi connectivity index (χ2n) is 6.22. The van der Waals surface area contributed by atoms with Crippen LogP contribution in [0.1, 0.15) is 19.4 Å².